The van der Waals surface area contributed by atoms with E-state index in [0.717, 1.165) is 27.4 Å². The summed E-state index contributed by atoms with van der Waals surface area (Å²) in [6.07, 6.45) is 4.06. The van der Waals surface area contributed by atoms with E-state index < -0.39 is 0 Å². The van der Waals surface area contributed by atoms with Crippen molar-refractivity contribution in [3.63, 3.8) is 0 Å². The third kappa shape index (κ3) is 3.31. The molecule has 0 radical (unpaired) electrons. The molecule has 2 atom stereocenters. The summed E-state index contributed by atoms with van der Waals surface area (Å²) in [4.78, 5) is 0. The van der Waals surface area contributed by atoms with Crippen LogP contribution in [0.25, 0.3) is 0 Å². The minimum atomic E-state index is 0.766. The molecule has 0 aliphatic heterocycles. The quantitative estimate of drug-likeness (QED) is 0.828. The molecule has 1 fully saturated rings. The maximum Gasteiger partial charge on any atom is 0.0320 e. The number of nitrogens with one attached hydrogen (secondary N) is 1. The Morgan fingerprint density at radius 1 is 1.31 bits per heavy atom. The Balaban J connectivity index is 1.80. The minimum Gasteiger partial charge on any atom is -0.310 e. The highest BCUT2D eigenvalue weighted by atomic mass is 79.9. The zero-order valence-corrected chi connectivity index (χ0v) is 12.6. The first-order chi connectivity index (χ1) is 7.70. The molecule has 16 heavy (non-hydrogen) atoms. The van der Waals surface area contributed by atoms with E-state index in [0.29, 0.717) is 0 Å². The van der Waals surface area contributed by atoms with E-state index in [2.05, 4.69) is 62.3 Å². The van der Waals surface area contributed by atoms with Crippen molar-refractivity contribution < 1.29 is 0 Å². The van der Waals surface area contributed by atoms with Crippen LogP contribution in [0.4, 0.5) is 0 Å². The van der Waals surface area contributed by atoms with Crippen molar-refractivity contribution in [2.45, 2.75) is 38.8 Å². The molecular formula is C13H17Br2N. The van der Waals surface area contributed by atoms with Crippen molar-refractivity contribution in [3.05, 3.63) is 32.7 Å². The van der Waals surface area contributed by atoms with E-state index in [1.807, 2.05) is 0 Å². The molecule has 0 amide bonds. The zero-order chi connectivity index (χ0) is 11.5. The van der Waals surface area contributed by atoms with Gasteiger partial charge in [0.15, 0.2) is 0 Å². The molecule has 0 heterocycles. The molecule has 2 rings (SSSR count). The molecule has 0 saturated heterocycles. The lowest BCUT2D eigenvalue weighted by atomic mass is 10.2. The summed E-state index contributed by atoms with van der Waals surface area (Å²) in [6, 6.07) is 7.20. The predicted octanol–water partition coefficient (Wildman–Crippen LogP) is 4.49. The van der Waals surface area contributed by atoms with E-state index in [-0.39, 0.29) is 0 Å². The molecule has 3 heteroatoms. The fourth-order valence-corrected chi connectivity index (χ4v) is 2.76. The molecule has 1 saturated carbocycles. The van der Waals surface area contributed by atoms with E-state index in [4.69, 9.17) is 0 Å². The molecule has 1 N–H and O–H groups in total. The second-order valence-corrected chi connectivity index (χ2v) is 6.23. The van der Waals surface area contributed by atoms with Crippen LogP contribution in [0.1, 0.15) is 31.7 Å². The lowest BCUT2D eigenvalue weighted by Gasteiger charge is -2.05. The van der Waals surface area contributed by atoms with Crippen LogP contribution in [0.2, 0.25) is 0 Å². The van der Waals surface area contributed by atoms with Crippen molar-refractivity contribution in [1.29, 1.82) is 0 Å². The van der Waals surface area contributed by atoms with Gasteiger partial charge in [-0.3, -0.25) is 0 Å². The minimum absolute atomic E-state index is 0.766. The van der Waals surface area contributed by atoms with E-state index in [1.165, 1.54) is 24.8 Å². The second kappa shape index (κ2) is 5.65. The summed E-state index contributed by atoms with van der Waals surface area (Å²) in [5.41, 5.74) is 1.34. The van der Waals surface area contributed by atoms with Gasteiger partial charge in [-0.05, 0) is 68.3 Å². The van der Waals surface area contributed by atoms with E-state index in [9.17, 15) is 0 Å². The normalized spacial score (nSPS) is 23.4. The van der Waals surface area contributed by atoms with Crippen LogP contribution >= 0.6 is 31.9 Å². The molecule has 0 bridgehead atoms. The smallest absolute Gasteiger partial charge is 0.0320 e. The number of hydrogen-bond acceptors (Lipinski definition) is 1. The molecule has 2 unspecified atom stereocenters. The first kappa shape index (κ1) is 12.6. The topological polar surface area (TPSA) is 12.0 Å². The van der Waals surface area contributed by atoms with Crippen molar-refractivity contribution in [2.24, 2.45) is 5.92 Å². The van der Waals surface area contributed by atoms with Gasteiger partial charge in [0.05, 0.1) is 0 Å². The zero-order valence-electron chi connectivity index (χ0n) is 9.47. The van der Waals surface area contributed by atoms with Crippen molar-refractivity contribution in [1.82, 2.24) is 5.32 Å². The lowest BCUT2D eigenvalue weighted by molar-refractivity contribution is 0.599. The van der Waals surface area contributed by atoms with Gasteiger partial charge < -0.3 is 5.32 Å². The fourth-order valence-electron chi connectivity index (χ4n) is 2.09. The molecule has 88 valence electrons. The average Bonchev–Trinajstić information content (AvgIpc) is 2.99. The molecule has 1 aromatic rings. The highest BCUT2D eigenvalue weighted by Gasteiger charge is 2.35. The van der Waals surface area contributed by atoms with Gasteiger partial charge in [0.2, 0.25) is 0 Å². The van der Waals surface area contributed by atoms with Gasteiger partial charge in [0.1, 0.15) is 0 Å². The van der Waals surface area contributed by atoms with Crippen LogP contribution in [0.3, 0.4) is 0 Å². The van der Waals surface area contributed by atoms with Crippen LogP contribution in [0.15, 0.2) is 27.1 Å². The number of halogens is 2. The summed E-state index contributed by atoms with van der Waals surface area (Å²) < 4.78 is 2.25. The Morgan fingerprint density at radius 2 is 2.12 bits per heavy atom. The van der Waals surface area contributed by atoms with Crippen LogP contribution in [0.5, 0.6) is 0 Å². The van der Waals surface area contributed by atoms with Gasteiger partial charge in [0, 0.05) is 21.5 Å². The number of rotatable bonds is 5. The third-order valence-electron chi connectivity index (χ3n) is 3.13. The molecule has 1 aliphatic rings. The highest BCUT2D eigenvalue weighted by molar-refractivity contribution is 9.13. The SMILES string of the molecule is CCCC1CC1NCc1ccc(Br)c(Br)c1. The molecule has 0 spiro atoms. The largest absolute Gasteiger partial charge is 0.310 e. The predicted molar refractivity (Wildman–Crippen MR) is 75.5 cm³/mol. The number of benzene rings is 1. The maximum atomic E-state index is 3.62. The summed E-state index contributed by atoms with van der Waals surface area (Å²) in [7, 11) is 0. The Kier molecular flexibility index (Phi) is 4.45. The maximum absolute atomic E-state index is 3.62. The highest BCUT2D eigenvalue weighted by Crippen LogP contribution is 2.34. The lowest BCUT2D eigenvalue weighted by Crippen LogP contribution is -2.17. The first-order valence-electron chi connectivity index (χ1n) is 5.88. The summed E-state index contributed by atoms with van der Waals surface area (Å²) in [5, 5.41) is 3.62. The van der Waals surface area contributed by atoms with Crippen molar-refractivity contribution >= 4 is 31.9 Å². The van der Waals surface area contributed by atoms with Gasteiger partial charge in [0.25, 0.3) is 0 Å². The molecule has 0 aromatic heterocycles. The van der Waals surface area contributed by atoms with Gasteiger partial charge in [-0.25, -0.2) is 0 Å². The van der Waals surface area contributed by atoms with Crippen molar-refractivity contribution in [2.75, 3.05) is 0 Å². The fraction of sp³-hybridized carbons (Fsp3) is 0.538. The first-order valence-corrected chi connectivity index (χ1v) is 7.46. The standard InChI is InChI=1S/C13H17Br2N/c1-2-3-10-7-13(10)16-8-9-4-5-11(14)12(15)6-9/h4-6,10,13,16H,2-3,7-8H2,1H3. The van der Waals surface area contributed by atoms with Gasteiger partial charge in [-0.1, -0.05) is 19.4 Å². The van der Waals surface area contributed by atoms with Gasteiger partial charge in [-0.2, -0.15) is 0 Å². The molecular weight excluding hydrogens is 330 g/mol. The molecule has 1 nitrogen and oxygen atoms in total. The Hall–Kier alpha value is 0.140. The van der Waals surface area contributed by atoms with Crippen LogP contribution in [-0.4, -0.2) is 6.04 Å². The Morgan fingerprint density at radius 3 is 2.81 bits per heavy atom. The Labute approximate surface area is 114 Å². The van der Waals surface area contributed by atoms with Crippen LogP contribution < -0.4 is 5.32 Å². The summed E-state index contributed by atoms with van der Waals surface area (Å²) >= 11 is 7.02. The second-order valence-electron chi connectivity index (χ2n) is 4.52. The van der Waals surface area contributed by atoms with E-state index >= 15 is 0 Å². The summed E-state index contributed by atoms with van der Waals surface area (Å²) in [5.74, 6) is 0.934. The molecule has 1 aromatic carbocycles. The number of hydrogen-bond donors (Lipinski definition) is 1. The van der Waals surface area contributed by atoms with Gasteiger partial charge in [-0.15, -0.1) is 0 Å². The third-order valence-corrected chi connectivity index (χ3v) is 5.01. The Bertz CT molecular complexity index is 365. The monoisotopic (exact) mass is 345 g/mol. The van der Waals surface area contributed by atoms with Crippen LogP contribution in [0, 0.1) is 5.92 Å². The van der Waals surface area contributed by atoms with Crippen molar-refractivity contribution in [3.8, 4) is 0 Å². The average molecular weight is 347 g/mol. The molecule has 1 aliphatic carbocycles. The summed E-state index contributed by atoms with van der Waals surface area (Å²) in [6.45, 7) is 3.25. The van der Waals surface area contributed by atoms with Gasteiger partial charge >= 0.3 is 0 Å². The van der Waals surface area contributed by atoms with Crippen LogP contribution in [-0.2, 0) is 6.54 Å². The van der Waals surface area contributed by atoms with E-state index in [1.54, 1.807) is 0 Å².